The van der Waals surface area contributed by atoms with Crippen LogP contribution in [0.2, 0.25) is 0 Å². The second kappa shape index (κ2) is 19.8. The topological polar surface area (TPSA) is 0 Å². The lowest BCUT2D eigenvalue weighted by molar-refractivity contribution is 0.506. The van der Waals surface area contributed by atoms with Gasteiger partial charge in [-0.2, -0.15) is 0 Å². The SMILES string of the molecule is CC(C)CCCCCCCCCCc1cc2ccccc2cc1CCCCCCCCCCC(C)C. The molecule has 0 fully saturated rings. The monoisotopic (exact) mass is 492 g/mol. The summed E-state index contributed by atoms with van der Waals surface area (Å²) in [4.78, 5) is 0. The third-order valence-electron chi connectivity index (χ3n) is 8.02. The van der Waals surface area contributed by atoms with Crippen LogP contribution in [0.25, 0.3) is 10.8 Å². The van der Waals surface area contributed by atoms with E-state index in [1.165, 1.54) is 139 Å². The highest BCUT2D eigenvalue weighted by atomic mass is 14.1. The Morgan fingerprint density at radius 3 is 1.06 bits per heavy atom. The second-order valence-corrected chi connectivity index (χ2v) is 12.5. The number of unbranched alkanes of at least 4 members (excludes halogenated alkanes) is 14. The molecule has 0 amide bonds. The molecule has 0 aliphatic carbocycles. The van der Waals surface area contributed by atoms with Crippen LogP contribution in [0.1, 0.15) is 154 Å². The Labute approximate surface area is 226 Å². The standard InChI is InChI=1S/C36H60/c1-31(2)23-17-13-9-5-7-11-15-19-25-33-29-35-27-21-22-28-36(35)30-34(33)26-20-16-12-8-6-10-14-18-24-32(3)4/h21-22,27-32H,5-20,23-26H2,1-4H3. The van der Waals surface area contributed by atoms with E-state index < -0.39 is 0 Å². The van der Waals surface area contributed by atoms with Gasteiger partial charge in [-0.15, -0.1) is 0 Å². The minimum atomic E-state index is 0.874. The summed E-state index contributed by atoms with van der Waals surface area (Å²) in [5.41, 5.74) is 3.26. The highest BCUT2D eigenvalue weighted by Crippen LogP contribution is 2.24. The van der Waals surface area contributed by atoms with Crippen molar-refractivity contribution in [3.05, 3.63) is 47.5 Å². The first-order valence-electron chi connectivity index (χ1n) is 16.1. The second-order valence-electron chi connectivity index (χ2n) is 12.5. The molecule has 2 aromatic carbocycles. The van der Waals surface area contributed by atoms with E-state index in [0.717, 1.165) is 11.8 Å². The van der Waals surface area contributed by atoms with E-state index in [-0.39, 0.29) is 0 Å². The maximum Gasteiger partial charge on any atom is -0.0181 e. The van der Waals surface area contributed by atoms with Crippen molar-refractivity contribution in [1.29, 1.82) is 0 Å². The zero-order valence-electron chi connectivity index (χ0n) is 24.8. The Morgan fingerprint density at radius 1 is 0.417 bits per heavy atom. The molecule has 0 aromatic heterocycles. The normalized spacial score (nSPS) is 11.8. The van der Waals surface area contributed by atoms with Crippen LogP contribution >= 0.6 is 0 Å². The third-order valence-corrected chi connectivity index (χ3v) is 8.02. The zero-order chi connectivity index (χ0) is 25.8. The van der Waals surface area contributed by atoms with E-state index in [4.69, 9.17) is 0 Å². The van der Waals surface area contributed by atoms with Gasteiger partial charge in [0.15, 0.2) is 0 Å². The molecule has 0 bridgehead atoms. The molecule has 204 valence electrons. The number of aryl methyl sites for hydroxylation is 2. The number of rotatable bonds is 22. The van der Waals surface area contributed by atoms with E-state index in [1.54, 1.807) is 11.1 Å². The number of benzene rings is 2. The molecule has 0 saturated carbocycles. The fourth-order valence-electron chi connectivity index (χ4n) is 5.66. The molecule has 0 nitrogen and oxygen atoms in total. The van der Waals surface area contributed by atoms with E-state index in [0.29, 0.717) is 0 Å². The summed E-state index contributed by atoms with van der Waals surface area (Å²) in [5.74, 6) is 1.75. The molecular weight excluding hydrogens is 432 g/mol. The summed E-state index contributed by atoms with van der Waals surface area (Å²) in [5, 5.41) is 2.85. The summed E-state index contributed by atoms with van der Waals surface area (Å²) >= 11 is 0. The first kappa shape index (κ1) is 30.9. The maximum absolute atomic E-state index is 2.51. The molecule has 0 saturated heterocycles. The molecule has 0 heteroatoms. The van der Waals surface area contributed by atoms with Gasteiger partial charge in [0.2, 0.25) is 0 Å². The third kappa shape index (κ3) is 14.4. The summed E-state index contributed by atoms with van der Waals surface area (Å²) in [6, 6.07) is 14.0. The molecule has 0 radical (unpaired) electrons. The predicted molar refractivity (Wildman–Crippen MR) is 164 cm³/mol. The molecule has 0 atom stereocenters. The largest absolute Gasteiger partial charge is 0.0628 e. The fraction of sp³-hybridized carbons (Fsp3) is 0.722. The molecular formula is C36H60. The lowest BCUT2D eigenvalue weighted by atomic mass is 9.93. The summed E-state index contributed by atoms with van der Waals surface area (Å²) < 4.78 is 0. The van der Waals surface area contributed by atoms with Gasteiger partial charge in [-0.3, -0.25) is 0 Å². The minimum Gasteiger partial charge on any atom is -0.0628 e. The predicted octanol–water partition coefficient (Wildman–Crippen LogP) is 12.3. The van der Waals surface area contributed by atoms with Crippen molar-refractivity contribution < 1.29 is 0 Å². The van der Waals surface area contributed by atoms with Crippen molar-refractivity contribution in [3.8, 4) is 0 Å². The quantitative estimate of drug-likeness (QED) is 0.143. The van der Waals surface area contributed by atoms with E-state index in [9.17, 15) is 0 Å². The van der Waals surface area contributed by atoms with Crippen molar-refractivity contribution >= 4 is 10.8 Å². The van der Waals surface area contributed by atoms with E-state index >= 15 is 0 Å². The lowest BCUT2D eigenvalue weighted by Crippen LogP contribution is -1.97. The smallest absolute Gasteiger partial charge is 0.0181 e. The average molecular weight is 493 g/mol. The number of fused-ring (bicyclic) bond motifs is 1. The molecule has 0 spiro atoms. The summed E-state index contributed by atoms with van der Waals surface area (Å²) in [6.45, 7) is 9.38. The molecule has 36 heavy (non-hydrogen) atoms. The van der Waals surface area contributed by atoms with Gasteiger partial charge in [-0.1, -0.05) is 167 Å². The van der Waals surface area contributed by atoms with Crippen molar-refractivity contribution in [2.24, 2.45) is 11.8 Å². The molecule has 0 unspecified atom stereocenters. The lowest BCUT2D eigenvalue weighted by Gasteiger charge is -2.12. The van der Waals surface area contributed by atoms with Crippen LogP contribution in [0.15, 0.2) is 36.4 Å². The van der Waals surface area contributed by atoms with Gasteiger partial charge in [-0.25, -0.2) is 0 Å². The highest BCUT2D eigenvalue weighted by Gasteiger charge is 2.06. The Balaban J connectivity index is 1.65. The summed E-state index contributed by atoms with van der Waals surface area (Å²) in [7, 11) is 0. The van der Waals surface area contributed by atoms with Crippen LogP contribution in [-0.4, -0.2) is 0 Å². The Hall–Kier alpha value is -1.30. The van der Waals surface area contributed by atoms with E-state index in [2.05, 4.69) is 64.1 Å². The molecule has 0 aliphatic rings. The van der Waals surface area contributed by atoms with Crippen LogP contribution in [-0.2, 0) is 12.8 Å². The Kier molecular flexibility index (Phi) is 17.0. The Morgan fingerprint density at radius 2 is 0.722 bits per heavy atom. The molecule has 2 aromatic rings. The van der Waals surface area contributed by atoms with Crippen LogP contribution < -0.4 is 0 Å². The van der Waals surface area contributed by atoms with Gasteiger partial charge in [0.05, 0.1) is 0 Å². The summed E-state index contributed by atoms with van der Waals surface area (Å²) in [6.07, 6.45) is 28.1. The van der Waals surface area contributed by atoms with Crippen molar-refractivity contribution in [2.75, 3.05) is 0 Å². The van der Waals surface area contributed by atoms with Gasteiger partial charge in [0.25, 0.3) is 0 Å². The van der Waals surface area contributed by atoms with Gasteiger partial charge < -0.3 is 0 Å². The zero-order valence-corrected chi connectivity index (χ0v) is 24.8. The van der Waals surface area contributed by atoms with Crippen molar-refractivity contribution in [1.82, 2.24) is 0 Å². The maximum atomic E-state index is 2.51. The van der Waals surface area contributed by atoms with Crippen LogP contribution in [0.3, 0.4) is 0 Å². The van der Waals surface area contributed by atoms with Crippen LogP contribution in [0.4, 0.5) is 0 Å². The van der Waals surface area contributed by atoms with E-state index in [1.807, 2.05) is 0 Å². The van der Waals surface area contributed by atoms with Crippen LogP contribution in [0.5, 0.6) is 0 Å². The number of hydrogen-bond acceptors (Lipinski definition) is 0. The van der Waals surface area contributed by atoms with Crippen molar-refractivity contribution in [3.63, 3.8) is 0 Å². The fourth-order valence-corrected chi connectivity index (χ4v) is 5.66. The first-order chi connectivity index (χ1) is 17.6. The minimum absolute atomic E-state index is 0.874. The molecule has 0 heterocycles. The van der Waals surface area contributed by atoms with Crippen molar-refractivity contribution in [2.45, 2.75) is 156 Å². The van der Waals surface area contributed by atoms with Gasteiger partial charge in [0.1, 0.15) is 0 Å². The first-order valence-corrected chi connectivity index (χ1v) is 16.1. The molecule has 0 aliphatic heterocycles. The van der Waals surface area contributed by atoms with Gasteiger partial charge in [0, 0.05) is 0 Å². The highest BCUT2D eigenvalue weighted by molar-refractivity contribution is 5.84. The molecule has 0 N–H and O–H groups in total. The van der Waals surface area contributed by atoms with Gasteiger partial charge >= 0.3 is 0 Å². The molecule has 2 rings (SSSR count). The number of hydrogen-bond donors (Lipinski definition) is 0. The Bertz CT molecular complexity index is 717. The van der Waals surface area contributed by atoms with Gasteiger partial charge in [-0.05, 0) is 59.4 Å². The average Bonchev–Trinajstić information content (AvgIpc) is 2.85. The van der Waals surface area contributed by atoms with Crippen LogP contribution in [0, 0.1) is 11.8 Å².